The van der Waals surface area contributed by atoms with Crippen LogP contribution in [0.1, 0.15) is 19.8 Å². The quantitative estimate of drug-likeness (QED) is 0.853. The topological polar surface area (TPSA) is 72.9 Å². The second kappa shape index (κ2) is 5.89. The minimum Gasteiger partial charge on any atom is -0.397 e. The molecule has 1 aliphatic rings. The van der Waals surface area contributed by atoms with Crippen molar-refractivity contribution in [3.8, 4) is 11.3 Å². The van der Waals surface area contributed by atoms with E-state index in [0.29, 0.717) is 11.4 Å². The van der Waals surface area contributed by atoms with Gasteiger partial charge in [-0.25, -0.2) is 4.68 Å². The third-order valence-corrected chi connectivity index (χ3v) is 3.49. The van der Waals surface area contributed by atoms with Crippen molar-refractivity contribution in [1.29, 1.82) is 0 Å². The first-order valence-corrected chi connectivity index (χ1v) is 7.24. The molecule has 22 heavy (non-hydrogen) atoms. The maximum Gasteiger partial charge on any atom is 0.221 e. The number of benzene rings is 1. The molecule has 112 valence electrons. The van der Waals surface area contributed by atoms with Gasteiger partial charge in [0.15, 0.2) is 0 Å². The average molecular weight is 294 g/mol. The number of nitrogens with two attached hydrogens (primary N) is 1. The van der Waals surface area contributed by atoms with Crippen LogP contribution in [0.2, 0.25) is 0 Å². The van der Waals surface area contributed by atoms with Crippen molar-refractivity contribution in [3.63, 3.8) is 0 Å². The van der Waals surface area contributed by atoms with Crippen molar-refractivity contribution in [1.82, 2.24) is 9.78 Å². The molecule has 0 saturated carbocycles. The van der Waals surface area contributed by atoms with Crippen molar-refractivity contribution < 1.29 is 4.79 Å². The van der Waals surface area contributed by atoms with Gasteiger partial charge in [-0.2, -0.15) is 5.10 Å². The molecule has 0 atom stereocenters. The van der Waals surface area contributed by atoms with Crippen LogP contribution in [0.4, 0.5) is 11.4 Å². The number of carbonyl (C=O) groups is 1. The van der Waals surface area contributed by atoms with Crippen LogP contribution in [0.15, 0.2) is 48.7 Å². The van der Waals surface area contributed by atoms with Crippen LogP contribution >= 0.6 is 0 Å². The number of nitrogen functional groups attached to an aromatic ring is 1. The molecule has 0 saturated heterocycles. The first-order valence-electron chi connectivity index (χ1n) is 7.24. The van der Waals surface area contributed by atoms with Crippen molar-refractivity contribution in [3.05, 3.63) is 48.7 Å². The van der Waals surface area contributed by atoms with E-state index in [9.17, 15) is 4.79 Å². The van der Waals surface area contributed by atoms with Crippen LogP contribution in [-0.2, 0) is 4.79 Å². The van der Waals surface area contributed by atoms with Gasteiger partial charge in [0.2, 0.25) is 5.91 Å². The third-order valence-electron chi connectivity index (χ3n) is 3.49. The number of hydrogen-bond donors (Lipinski definition) is 2. The van der Waals surface area contributed by atoms with Crippen LogP contribution in [0.25, 0.3) is 17.0 Å². The fraction of sp³-hybridized carbons (Fsp3) is 0.176. The highest BCUT2D eigenvalue weighted by atomic mass is 16.1. The Morgan fingerprint density at radius 1 is 1.32 bits per heavy atom. The predicted molar refractivity (Wildman–Crippen MR) is 89.0 cm³/mol. The van der Waals surface area contributed by atoms with E-state index in [4.69, 9.17) is 5.73 Å². The number of carbonyl (C=O) groups excluding carboxylic acids is 1. The molecule has 0 aliphatic heterocycles. The zero-order valence-electron chi connectivity index (χ0n) is 12.4. The minimum absolute atomic E-state index is 0.139. The lowest BCUT2D eigenvalue weighted by atomic mass is 10.1. The largest absolute Gasteiger partial charge is 0.397 e. The van der Waals surface area contributed by atoms with Gasteiger partial charge in [-0.3, -0.25) is 4.79 Å². The minimum atomic E-state index is -0.139. The number of nitrogens with one attached hydrogen (secondary N) is 1. The maximum absolute atomic E-state index is 11.1. The van der Waals surface area contributed by atoms with Gasteiger partial charge < -0.3 is 11.1 Å². The summed E-state index contributed by atoms with van der Waals surface area (Å²) in [6.45, 7) is 1.46. The van der Waals surface area contributed by atoms with Gasteiger partial charge in [-0.05, 0) is 37.1 Å². The van der Waals surface area contributed by atoms with E-state index < -0.39 is 0 Å². The second-order valence-corrected chi connectivity index (χ2v) is 5.24. The number of hydrogen-bond acceptors (Lipinski definition) is 3. The summed E-state index contributed by atoms with van der Waals surface area (Å²) in [5.41, 5.74) is 9.98. The van der Waals surface area contributed by atoms with Crippen LogP contribution < -0.4 is 11.1 Å². The van der Waals surface area contributed by atoms with E-state index in [-0.39, 0.29) is 5.91 Å². The summed E-state index contributed by atoms with van der Waals surface area (Å²) in [7, 11) is 0. The van der Waals surface area contributed by atoms with Crippen molar-refractivity contribution >= 4 is 23.0 Å². The first-order chi connectivity index (χ1) is 10.6. The molecule has 0 unspecified atom stereocenters. The standard InChI is InChI=1S/C17H18N4O/c1-12(22)19-17-8-7-13(11-15(17)18)16-9-10-21(20-16)14-5-3-2-4-6-14/h3,5-11H,2,4,18H2,1H3,(H,19,22). The van der Waals surface area contributed by atoms with Crippen molar-refractivity contribution in [2.45, 2.75) is 19.8 Å². The molecule has 2 aromatic rings. The summed E-state index contributed by atoms with van der Waals surface area (Å²) in [5.74, 6) is -0.139. The Bertz CT molecular complexity index is 771. The van der Waals surface area contributed by atoms with E-state index >= 15 is 0 Å². The molecule has 5 nitrogen and oxygen atoms in total. The number of allylic oxidation sites excluding steroid dienone is 4. The molecule has 1 aromatic carbocycles. The summed E-state index contributed by atoms with van der Waals surface area (Å²) >= 11 is 0. The molecule has 3 N–H and O–H groups in total. The molecule has 1 amide bonds. The number of nitrogens with zero attached hydrogens (tertiary/aromatic N) is 2. The summed E-state index contributed by atoms with van der Waals surface area (Å²) in [6.07, 6.45) is 10.5. The van der Waals surface area contributed by atoms with Gasteiger partial charge in [0.25, 0.3) is 0 Å². The van der Waals surface area contributed by atoms with Gasteiger partial charge in [0.1, 0.15) is 0 Å². The highest BCUT2D eigenvalue weighted by Crippen LogP contribution is 2.26. The molecule has 1 heterocycles. The highest BCUT2D eigenvalue weighted by molar-refractivity contribution is 5.93. The van der Waals surface area contributed by atoms with Gasteiger partial charge >= 0.3 is 0 Å². The zero-order chi connectivity index (χ0) is 15.5. The molecule has 0 spiro atoms. The van der Waals surface area contributed by atoms with Gasteiger partial charge in [0, 0.05) is 18.7 Å². The summed E-state index contributed by atoms with van der Waals surface area (Å²) in [4.78, 5) is 11.1. The summed E-state index contributed by atoms with van der Waals surface area (Å²) in [5, 5.41) is 7.29. The summed E-state index contributed by atoms with van der Waals surface area (Å²) in [6, 6.07) is 7.48. The van der Waals surface area contributed by atoms with E-state index in [2.05, 4.69) is 28.6 Å². The lowest BCUT2D eigenvalue weighted by Gasteiger charge is -2.08. The predicted octanol–water partition coefficient (Wildman–Crippen LogP) is 3.28. The Balaban J connectivity index is 1.87. The fourth-order valence-corrected chi connectivity index (χ4v) is 2.42. The molecule has 1 aromatic heterocycles. The van der Waals surface area contributed by atoms with Gasteiger partial charge in [0.05, 0.1) is 22.8 Å². The Morgan fingerprint density at radius 3 is 2.86 bits per heavy atom. The normalized spacial score (nSPS) is 13.8. The molecule has 3 rings (SSSR count). The lowest BCUT2D eigenvalue weighted by molar-refractivity contribution is -0.114. The van der Waals surface area contributed by atoms with Crippen LogP contribution in [0.3, 0.4) is 0 Å². The van der Waals surface area contributed by atoms with E-state index in [0.717, 1.165) is 29.8 Å². The average Bonchev–Trinajstić information content (AvgIpc) is 3.00. The molecule has 1 aliphatic carbocycles. The summed E-state index contributed by atoms with van der Waals surface area (Å²) < 4.78 is 1.86. The van der Waals surface area contributed by atoms with Gasteiger partial charge in [-0.15, -0.1) is 0 Å². The number of anilines is 2. The number of aromatic nitrogens is 2. The maximum atomic E-state index is 11.1. The second-order valence-electron chi connectivity index (χ2n) is 5.24. The smallest absolute Gasteiger partial charge is 0.221 e. The Kier molecular flexibility index (Phi) is 3.78. The molecular weight excluding hydrogens is 276 g/mol. The lowest BCUT2D eigenvalue weighted by Crippen LogP contribution is -2.07. The van der Waals surface area contributed by atoms with Crippen molar-refractivity contribution in [2.75, 3.05) is 11.1 Å². The monoisotopic (exact) mass is 294 g/mol. The molecule has 0 bridgehead atoms. The molecule has 5 heteroatoms. The molecule has 0 fully saturated rings. The third kappa shape index (κ3) is 2.93. The zero-order valence-corrected chi connectivity index (χ0v) is 12.4. The van der Waals surface area contributed by atoms with Crippen molar-refractivity contribution in [2.24, 2.45) is 0 Å². The van der Waals surface area contributed by atoms with Gasteiger partial charge in [-0.1, -0.05) is 18.2 Å². The number of amides is 1. The Hall–Kier alpha value is -2.82. The number of rotatable bonds is 3. The molecule has 0 radical (unpaired) electrons. The van der Waals surface area contributed by atoms with Crippen LogP contribution in [0, 0.1) is 0 Å². The van der Waals surface area contributed by atoms with Crippen LogP contribution in [0.5, 0.6) is 0 Å². The molecular formula is C17H18N4O. The highest BCUT2D eigenvalue weighted by Gasteiger charge is 2.08. The van der Waals surface area contributed by atoms with Crippen LogP contribution in [-0.4, -0.2) is 15.7 Å². The Morgan fingerprint density at radius 2 is 2.18 bits per heavy atom. The first kappa shape index (κ1) is 14.1. The Labute approximate surface area is 129 Å². The van der Waals surface area contributed by atoms with E-state index in [1.54, 1.807) is 6.07 Å². The van der Waals surface area contributed by atoms with E-state index in [1.807, 2.05) is 29.1 Å². The van der Waals surface area contributed by atoms with E-state index in [1.165, 1.54) is 6.92 Å². The fourth-order valence-electron chi connectivity index (χ4n) is 2.42. The SMILES string of the molecule is CC(=O)Nc1ccc(-c2ccn(C3=CCCC=C3)n2)cc1N.